The molecule has 0 saturated carbocycles. The van der Waals surface area contributed by atoms with Crippen molar-refractivity contribution in [2.45, 2.75) is 13.0 Å². The van der Waals surface area contributed by atoms with Gasteiger partial charge in [-0.3, -0.25) is 0 Å². The van der Waals surface area contributed by atoms with E-state index in [1.54, 1.807) is 6.26 Å². The topological polar surface area (TPSA) is 47.3 Å². The van der Waals surface area contributed by atoms with Crippen LogP contribution in [0.15, 0.2) is 28.9 Å². The molecule has 1 aliphatic heterocycles. The van der Waals surface area contributed by atoms with E-state index >= 15 is 0 Å². The van der Waals surface area contributed by atoms with Crippen LogP contribution in [0.5, 0.6) is 5.75 Å². The van der Waals surface area contributed by atoms with E-state index in [0.29, 0.717) is 5.89 Å². The summed E-state index contributed by atoms with van der Waals surface area (Å²) in [6.07, 6.45) is 2.66. The molecule has 88 valence electrons. The maximum atomic E-state index is 5.47. The molecule has 4 nitrogen and oxygen atoms in total. The number of hydrogen-bond donors (Lipinski definition) is 1. The molecule has 1 aliphatic rings. The summed E-state index contributed by atoms with van der Waals surface area (Å²) < 4.78 is 10.9. The van der Waals surface area contributed by atoms with Crippen LogP contribution in [0.1, 0.15) is 11.3 Å². The van der Waals surface area contributed by atoms with Crippen molar-refractivity contribution < 1.29 is 9.15 Å². The van der Waals surface area contributed by atoms with Gasteiger partial charge in [0.05, 0.1) is 12.3 Å². The monoisotopic (exact) mass is 230 g/mol. The Morgan fingerprint density at radius 3 is 3.24 bits per heavy atom. The fourth-order valence-electron chi connectivity index (χ4n) is 2.02. The quantitative estimate of drug-likeness (QED) is 0.876. The van der Waals surface area contributed by atoms with E-state index < -0.39 is 0 Å². The second-order valence-electron chi connectivity index (χ2n) is 4.10. The van der Waals surface area contributed by atoms with Crippen LogP contribution in [0.4, 0.5) is 0 Å². The van der Waals surface area contributed by atoms with Crippen LogP contribution in [0, 0.1) is 0 Å². The molecular formula is C13H14N2O2. The zero-order valence-corrected chi connectivity index (χ0v) is 9.69. The molecule has 2 heterocycles. The van der Waals surface area contributed by atoms with Gasteiger partial charge < -0.3 is 14.5 Å². The fraction of sp³-hybridized carbons (Fsp3) is 0.308. The molecule has 1 N–H and O–H groups in total. The minimum Gasteiger partial charge on any atom is -0.493 e. The van der Waals surface area contributed by atoms with Crippen molar-refractivity contribution in [2.75, 3.05) is 13.7 Å². The highest BCUT2D eigenvalue weighted by atomic mass is 16.5. The number of oxazole rings is 1. The first-order valence-electron chi connectivity index (χ1n) is 5.72. The molecule has 0 aliphatic carbocycles. The number of ether oxygens (including phenoxy) is 1. The molecule has 1 aromatic carbocycles. The lowest BCUT2D eigenvalue weighted by Crippen LogP contribution is -2.04. The molecular weight excluding hydrogens is 216 g/mol. The van der Waals surface area contributed by atoms with Gasteiger partial charge in [-0.15, -0.1) is 0 Å². The van der Waals surface area contributed by atoms with Crippen LogP contribution in [0.2, 0.25) is 0 Å². The maximum absolute atomic E-state index is 5.47. The number of rotatable bonds is 3. The van der Waals surface area contributed by atoms with Gasteiger partial charge in [-0.25, -0.2) is 4.98 Å². The Labute approximate surface area is 99.6 Å². The average molecular weight is 230 g/mol. The Morgan fingerprint density at radius 1 is 1.41 bits per heavy atom. The molecule has 0 spiro atoms. The third-order valence-corrected chi connectivity index (χ3v) is 2.85. The zero-order valence-electron chi connectivity index (χ0n) is 9.69. The van der Waals surface area contributed by atoms with Gasteiger partial charge in [-0.05, 0) is 30.8 Å². The van der Waals surface area contributed by atoms with Crippen molar-refractivity contribution in [3.8, 4) is 17.2 Å². The van der Waals surface area contributed by atoms with E-state index in [-0.39, 0.29) is 0 Å². The van der Waals surface area contributed by atoms with Crippen molar-refractivity contribution in [2.24, 2.45) is 0 Å². The number of benzene rings is 1. The van der Waals surface area contributed by atoms with Gasteiger partial charge >= 0.3 is 0 Å². The van der Waals surface area contributed by atoms with E-state index in [1.165, 1.54) is 5.56 Å². The molecule has 0 atom stereocenters. The van der Waals surface area contributed by atoms with Gasteiger partial charge in [-0.1, -0.05) is 0 Å². The summed E-state index contributed by atoms with van der Waals surface area (Å²) in [5.74, 6) is 1.65. The van der Waals surface area contributed by atoms with Crippen LogP contribution in [-0.2, 0) is 13.0 Å². The van der Waals surface area contributed by atoms with Gasteiger partial charge in [0.25, 0.3) is 0 Å². The smallest absolute Gasteiger partial charge is 0.226 e. The third kappa shape index (κ3) is 1.91. The number of fused-ring (bicyclic) bond motifs is 1. The normalized spacial score (nSPS) is 13.5. The molecule has 0 amide bonds. The molecule has 3 rings (SSSR count). The first kappa shape index (κ1) is 10.4. The van der Waals surface area contributed by atoms with Gasteiger partial charge in [0.15, 0.2) is 0 Å². The maximum Gasteiger partial charge on any atom is 0.226 e. The minimum absolute atomic E-state index is 0.671. The summed E-state index contributed by atoms with van der Waals surface area (Å²) in [6.45, 7) is 1.49. The Bertz CT molecular complexity index is 534. The molecule has 0 saturated heterocycles. The van der Waals surface area contributed by atoms with Crippen LogP contribution in [0.3, 0.4) is 0 Å². The Kier molecular flexibility index (Phi) is 2.57. The van der Waals surface area contributed by atoms with Crippen molar-refractivity contribution >= 4 is 0 Å². The first-order chi connectivity index (χ1) is 8.36. The van der Waals surface area contributed by atoms with Crippen LogP contribution >= 0.6 is 0 Å². The molecule has 2 aromatic rings. The first-order valence-corrected chi connectivity index (χ1v) is 5.72. The van der Waals surface area contributed by atoms with Crippen LogP contribution in [-0.4, -0.2) is 18.6 Å². The third-order valence-electron chi connectivity index (χ3n) is 2.85. The summed E-state index contributed by atoms with van der Waals surface area (Å²) >= 11 is 0. The van der Waals surface area contributed by atoms with Crippen molar-refractivity contribution in [3.63, 3.8) is 0 Å². The number of aromatic nitrogens is 1. The summed E-state index contributed by atoms with van der Waals surface area (Å²) in [5.41, 5.74) is 3.16. The van der Waals surface area contributed by atoms with E-state index in [0.717, 1.165) is 36.6 Å². The van der Waals surface area contributed by atoms with Crippen molar-refractivity contribution in [1.29, 1.82) is 0 Å². The number of hydrogen-bond acceptors (Lipinski definition) is 4. The van der Waals surface area contributed by atoms with Crippen molar-refractivity contribution in [1.82, 2.24) is 10.3 Å². The second kappa shape index (κ2) is 4.22. The lowest BCUT2D eigenvalue weighted by molar-refractivity contribution is 0.357. The summed E-state index contributed by atoms with van der Waals surface area (Å²) in [6, 6.07) is 6.07. The van der Waals surface area contributed by atoms with E-state index in [1.807, 2.05) is 19.2 Å². The minimum atomic E-state index is 0.671. The lowest BCUT2D eigenvalue weighted by atomic mass is 10.1. The number of nitrogens with zero attached hydrogens (tertiary/aromatic N) is 1. The molecule has 0 radical (unpaired) electrons. The molecule has 0 bridgehead atoms. The predicted molar refractivity (Wildman–Crippen MR) is 63.9 cm³/mol. The molecule has 17 heavy (non-hydrogen) atoms. The summed E-state index contributed by atoms with van der Waals surface area (Å²) in [4.78, 5) is 4.43. The number of nitrogens with one attached hydrogen (secondary N) is 1. The average Bonchev–Trinajstić information content (AvgIpc) is 2.96. The van der Waals surface area contributed by atoms with Crippen LogP contribution in [0.25, 0.3) is 11.5 Å². The zero-order chi connectivity index (χ0) is 11.7. The largest absolute Gasteiger partial charge is 0.493 e. The SMILES string of the molecule is CNCc1coc(-c2ccc3c(c2)CCO3)n1. The fourth-order valence-corrected chi connectivity index (χ4v) is 2.02. The standard InChI is InChI=1S/C13H14N2O2/c1-14-7-11-8-17-13(15-11)10-2-3-12-9(6-10)4-5-16-12/h2-3,6,8,14H,4-5,7H2,1H3. The highest BCUT2D eigenvalue weighted by molar-refractivity contribution is 5.58. The summed E-state index contributed by atoms with van der Waals surface area (Å²) in [7, 11) is 1.89. The Morgan fingerprint density at radius 2 is 2.35 bits per heavy atom. The van der Waals surface area contributed by atoms with E-state index in [4.69, 9.17) is 9.15 Å². The van der Waals surface area contributed by atoms with Crippen LogP contribution < -0.4 is 10.1 Å². The van der Waals surface area contributed by atoms with E-state index in [2.05, 4.69) is 16.4 Å². The lowest BCUT2D eigenvalue weighted by Gasteiger charge is -2.00. The Hall–Kier alpha value is -1.81. The Balaban J connectivity index is 1.92. The second-order valence-corrected chi connectivity index (χ2v) is 4.10. The molecule has 0 fully saturated rings. The van der Waals surface area contributed by atoms with E-state index in [9.17, 15) is 0 Å². The van der Waals surface area contributed by atoms with Gasteiger partial charge in [0.1, 0.15) is 12.0 Å². The van der Waals surface area contributed by atoms with Gasteiger partial charge in [0.2, 0.25) is 5.89 Å². The van der Waals surface area contributed by atoms with Gasteiger partial charge in [-0.2, -0.15) is 0 Å². The molecule has 4 heteroatoms. The highest BCUT2D eigenvalue weighted by Crippen LogP contribution is 2.30. The predicted octanol–water partition coefficient (Wildman–Crippen LogP) is 2.00. The molecule has 1 aromatic heterocycles. The van der Waals surface area contributed by atoms with Crippen molar-refractivity contribution in [3.05, 3.63) is 35.7 Å². The summed E-state index contributed by atoms with van der Waals surface area (Å²) in [5, 5.41) is 3.05. The highest BCUT2D eigenvalue weighted by Gasteiger charge is 2.14. The van der Waals surface area contributed by atoms with Gasteiger partial charge in [0, 0.05) is 18.5 Å². The molecule has 0 unspecified atom stereocenters.